The molecule has 0 aromatic heterocycles. The standard InChI is InChI=1S/CH4S6/c2-5-1(6-3)7-4/h1-4H. The molecule has 0 atom stereocenters. The van der Waals surface area contributed by atoms with E-state index in [9.17, 15) is 0 Å². The van der Waals surface area contributed by atoms with Crippen LogP contribution in [0.25, 0.3) is 0 Å². The lowest BCUT2D eigenvalue weighted by atomic mass is 11.9. The average molecular weight is 208 g/mol. The maximum absolute atomic E-state index is 3.95. The molecule has 0 nitrogen and oxygen atoms in total. The maximum Gasteiger partial charge on any atom is 0.125 e. The van der Waals surface area contributed by atoms with Crippen LogP contribution in [0, 0.1) is 0 Å². The number of thiol groups is 3. The molecular formula is CH4S6. The monoisotopic (exact) mass is 208 g/mol. The Morgan fingerprint density at radius 3 is 1.14 bits per heavy atom. The van der Waals surface area contributed by atoms with Gasteiger partial charge in [-0.2, -0.15) is 0 Å². The molecule has 0 fully saturated rings. The second kappa shape index (κ2) is 6.22. The Labute approximate surface area is 70.8 Å². The lowest BCUT2D eigenvalue weighted by molar-refractivity contribution is 2.16. The van der Waals surface area contributed by atoms with Gasteiger partial charge in [0.1, 0.15) is 3.91 Å². The molecule has 44 valence electrons. The van der Waals surface area contributed by atoms with Crippen LogP contribution in [0.2, 0.25) is 0 Å². The summed E-state index contributed by atoms with van der Waals surface area (Å²) in [6, 6.07) is 0. The van der Waals surface area contributed by atoms with Crippen LogP contribution in [-0.2, 0) is 0 Å². The normalized spacial score (nSPS) is 10.3. The third-order valence-electron chi connectivity index (χ3n) is 0.258. The first-order valence-corrected chi connectivity index (χ1v) is 7.05. The van der Waals surface area contributed by atoms with Gasteiger partial charge in [0, 0.05) is 0 Å². The number of hydrogen-bond donors (Lipinski definition) is 3. The maximum atomic E-state index is 3.95. The van der Waals surface area contributed by atoms with E-state index in [1.54, 1.807) is 0 Å². The van der Waals surface area contributed by atoms with E-state index in [0.29, 0.717) is 3.91 Å². The molecule has 0 aromatic rings. The molecule has 0 heterocycles. The predicted molar refractivity (Wildman–Crippen MR) is 53.5 cm³/mol. The minimum atomic E-state index is 0.329. The summed E-state index contributed by atoms with van der Waals surface area (Å²) in [5.74, 6) is 0. The van der Waals surface area contributed by atoms with Crippen molar-refractivity contribution in [2.75, 3.05) is 0 Å². The van der Waals surface area contributed by atoms with Crippen molar-refractivity contribution < 1.29 is 0 Å². The van der Waals surface area contributed by atoms with Crippen LogP contribution in [0.5, 0.6) is 0 Å². The van der Waals surface area contributed by atoms with Crippen LogP contribution in [0.3, 0.4) is 0 Å². The van der Waals surface area contributed by atoms with E-state index >= 15 is 0 Å². The largest absolute Gasteiger partial charge is 0.125 e. The third kappa shape index (κ3) is 4.59. The summed E-state index contributed by atoms with van der Waals surface area (Å²) in [6.07, 6.45) is 0. The highest BCUT2D eigenvalue weighted by molar-refractivity contribution is 8.87. The van der Waals surface area contributed by atoms with Crippen molar-refractivity contribution in [3.05, 3.63) is 0 Å². The summed E-state index contributed by atoms with van der Waals surface area (Å²) >= 11 is 11.9. The predicted octanol–water partition coefficient (Wildman–Crippen LogP) is 3.00. The second-order valence-corrected chi connectivity index (χ2v) is 5.44. The van der Waals surface area contributed by atoms with E-state index in [1.807, 2.05) is 0 Å². The Morgan fingerprint density at radius 1 is 0.857 bits per heavy atom. The first kappa shape index (κ1) is 9.10. The second-order valence-electron chi connectivity index (χ2n) is 0.605. The Morgan fingerprint density at radius 2 is 1.14 bits per heavy atom. The van der Waals surface area contributed by atoms with Crippen molar-refractivity contribution in [2.24, 2.45) is 0 Å². The van der Waals surface area contributed by atoms with Gasteiger partial charge in [0.25, 0.3) is 0 Å². The van der Waals surface area contributed by atoms with Crippen LogP contribution in [0.1, 0.15) is 0 Å². The highest BCUT2D eigenvalue weighted by atomic mass is 33.1. The molecular weight excluding hydrogens is 204 g/mol. The summed E-state index contributed by atoms with van der Waals surface area (Å²) in [7, 11) is 4.31. The minimum absolute atomic E-state index is 0.329. The van der Waals surface area contributed by atoms with Crippen LogP contribution in [0.4, 0.5) is 0 Å². The van der Waals surface area contributed by atoms with Gasteiger partial charge in [-0.1, -0.05) is 32.4 Å². The zero-order valence-electron chi connectivity index (χ0n) is 3.14. The quantitative estimate of drug-likeness (QED) is 0.371. The van der Waals surface area contributed by atoms with Crippen molar-refractivity contribution in [1.82, 2.24) is 0 Å². The van der Waals surface area contributed by atoms with Crippen LogP contribution in [-0.4, -0.2) is 3.91 Å². The molecule has 0 amide bonds. The molecule has 0 aliphatic carbocycles. The molecule has 0 saturated carbocycles. The van der Waals surface area contributed by atoms with Gasteiger partial charge in [-0.3, -0.25) is 0 Å². The van der Waals surface area contributed by atoms with Gasteiger partial charge in [-0.05, 0) is 0 Å². The number of hydrogen-bond acceptors (Lipinski definition) is 6. The van der Waals surface area contributed by atoms with Crippen molar-refractivity contribution in [1.29, 1.82) is 0 Å². The Balaban J connectivity index is 2.99. The van der Waals surface area contributed by atoms with E-state index in [0.717, 1.165) is 0 Å². The van der Waals surface area contributed by atoms with Crippen molar-refractivity contribution in [2.45, 2.75) is 3.91 Å². The molecule has 0 rings (SSSR count). The lowest BCUT2D eigenvalue weighted by Gasteiger charge is -2.00. The average Bonchev–Trinajstić information content (AvgIpc) is 1.72. The highest BCUT2D eigenvalue weighted by Gasteiger charge is 2.00. The fourth-order valence-corrected chi connectivity index (χ4v) is 4.68. The topological polar surface area (TPSA) is 0 Å². The molecule has 6 heteroatoms. The summed E-state index contributed by atoms with van der Waals surface area (Å²) < 4.78 is 0.329. The Hall–Kier alpha value is 2.10. The summed E-state index contributed by atoms with van der Waals surface area (Å²) in [5, 5.41) is 0. The van der Waals surface area contributed by atoms with E-state index < -0.39 is 0 Å². The molecule has 0 spiro atoms. The Kier molecular flexibility index (Phi) is 8.09. The van der Waals surface area contributed by atoms with Crippen molar-refractivity contribution in [3.63, 3.8) is 0 Å². The van der Waals surface area contributed by atoms with E-state index in [1.165, 1.54) is 32.4 Å². The van der Waals surface area contributed by atoms with Crippen LogP contribution < -0.4 is 0 Å². The fraction of sp³-hybridized carbons (Fsp3) is 1.00. The van der Waals surface area contributed by atoms with E-state index in [4.69, 9.17) is 0 Å². The van der Waals surface area contributed by atoms with Gasteiger partial charge in [0.2, 0.25) is 0 Å². The molecule has 0 N–H and O–H groups in total. The fourth-order valence-electron chi connectivity index (χ4n) is 0.0577. The van der Waals surface area contributed by atoms with Crippen molar-refractivity contribution in [3.8, 4) is 0 Å². The van der Waals surface area contributed by atoms with Crippen LogP contribution >= 0.6 is 67.4 Å². The summed E-state index contributed by atoms with van der Waals surface area (Å²) in [5.41, 5.74) is 0. The molecule has 7 heavy (non-hydrogen) atoms. The molecule has 0 bridgehead atoms. The van der Waals surface area contributed by atoms with Gasteiger partial charge in [-0.25, -0.2) is 0 Å². The first-order chi connectivity index (χ1) is 3.35. The molecule has 0 aromatic carbocycles. The molecule has 0 aliphatic heterocycles. The van der Waals surface area contributed by atoms with Crippen molar-refractivity contribution >= 4 is 67.4 Å². The molecule has 0 aliphatic rings. The van der Waals surface area contributed by atoms with E-state index in [-0.39, 0.29) is 0 Å². The smallest absolute Gasteiger partial charge is 0.109 e. The third-order valence-corrected chi connectivity index (χ3v) is 6.97. The highest BCUT2D eigenvalue weighted by Crippen LogP contribution is 2.39. The van der Waals surface area contributed by atoms with Gasteiger partial charge >= 0.3 is 0 Å². The van der Waals surface area contributed by atoms with Crippen LogP contribution in [0.15, 0.2) is 0 Å². The minimum Gasteiger partial charge on any atom is -0.109 e. The van der Waals surface area contributed by atoms with E-state index in [2.05, 4.69) is 35.0 Å². The SMILES string of the molecule is SSC(SS)SS. The van der Waals surface area contributed by atoms with Gasteiger partial charge in [-0.15, -0.1) is 35.0 Å². The molecule has 0 unspecified atom stereocenters. The zero-order valence-corrected chi connectivity index (χ0v) is 8.28. The van der Waals surface area contributed by atoms with Gasteiger partial charge < -0.3 is 0 Å². The Bertz CT molecular complexity index is 25.7. The number of rotatable bonds is 3. The lowest BCUT2D eigenvalue weighted by Crippen LogP contribution is -1.73. The van der Waals surface area contributed by atoms with Gasteiger partial charge in [0.15, 0.2) is 0 Å². The zero-order chi connectivity index (χ0) is 5.70. The first-order valence-electron chi connectivity index (χ1n) is 1.25. The molecule has 0 radical (unpaired) electrons. The van der Waals surface area contributed by atoms with Gasteiger partial charge in [0.05, 0.1) is 0 Å². The molecule has 0 saturated heterocycles. The summed E-state index contributed by atoms with van der Waals surface area (Å²) in [6.45, 7) is 0. The summed E-state index contributed by atoms with van der Waals surface area (Å²) in [4.78, 5) is 0.